The van der Waals surface area contributed by atoms with E-state index >= 15 is 0 Å². The smallest absolute Gasteiger partial charge is 0.321 e. The van der Waals surface area contributed by atoms with Crippen molar-refractivity contribution >= 4 is 11.7 Å². The van der Waals surface area contributed by atoms with Gasteiger partial charge in [0.1, 0.15) is 0 Å². The van der Waals surface area contributed by atoms with Crippen LogP contribution in [0.25, 0.3) is 0 Å². The fraction of sp³-hybridized carbons (Fsp3) is 0.300. The average molecular weight is 470 g/mol. The molecule has 0 spiro atoms. The SMILES string of the molecule is CO.O=C(Nc1ccccc1)N1CCCCNC[C@H](c2ccc(C#Cc3ccccc3)cc2)CC1. The van der Waals surface area contributed by atoms with E-state index in [0.29, 0.717) is 5.92 Å². The highest BCUT2D eigenvalue weighted by molar-refractivity contribution is 5.89. The van der Waals surface area contributed by atoms with Crippen LogP contribution in [0.15, 0.2) is 84.9 Å². The second-order valence-electron chi connectivity index (χ2n) is 8.42. The molecule has 3 aromatic carbocycles. The lowest BCUT2D eigenvalue weighted by atomic mass is 9.94. The molecule has 0 radical (unpaired) electrons. The maximum atomic E-state index is 12.9. The van der Waals surface area contributed by atoms with E-state index in [4.69, 9.17) is 5.11 Å². The summed E-state index contributed by atoms with van der Waals surface area (Å²) in [4.78, 5) is 14.9. The fourth-order valence-corrected chi connectivity index (χ4v) is 4.07. The number of carbonyl (C=O) groups excluding carboxylic acids is 1. The van der Waals surface area contributed by atoms with E-state index in [2.05, 4.69) is 46.7 Å². The zero-order chi connectivity index (χ0) is 24.7. The number of amides is 2. The van der Waals surface area contributed by atoms with Crippen molar-refractivity contribution in [1.29, 1.82) is 0 Å². The number of aliphatic hydroxyl groups excluding tert-OH is 1. The molecular formula is C30H35N3O2. The van der Waals surface area contributed by atoms with Crippen molar-refractivity contribution in [3.05, 3.63) is 102 Å². The Morgan fingerprint density at radius 3 is 2.17 bits per heavy atom. The van der Waals surface area contributed by atoms with Gasteiger partial charge in [0.05, 0.1) is 0 Å². The zero-order valence-electron chi connectivity index (χ0n) is 20.4. The second-order valence-corrected chi connectivity index (χ2v) is 8.42. The van der Waals surface area contributed by atoms with Crippen molar-refractivity contribution in [2.75, 3.05) is 38.6 Å². The van der Waals surface area contributed by atoms with Crippen LogP contribution in [0.4, 0.5) is 10.5 Å². The average Bonchev–Trinajstić information content (AvgIpc) is 2.93. The van der Waals surface area contributed by atoms with Gasteiger partial charge in [-0.1, -0.05) is 60.4 Å². The molecule has 1 heterocycles. The third-order valence-corrected chi connectivity index (χ3v) is 5.99. The zero-order valence-corrected chi connectivity index (χ0v) is 20.4. The first-order chi connectivity index (χ1) is 17.3. The number of para-hydroxylation sites is 1. The van der Waals surface area contributed by atoms with Crippen LogP contribution < -0.4 is 10.6 Å². The molecule has 5 nitrogen and oxygen atoms in total. The van der Waals surface area contributed by atoms with Gasteiger partial charge in [0.15, 0.2) is 0 Å². The van der Waals surface area contributed by atoms with Crippen molar-refractivity contribution in [3.63, 3.8) is 0 Å². The number of hydrogen-bond acceptors (Lipinski definition) is 3. The lowest BCUT2D eigenvalue weighted by Crippen LogP contribution is -2.39. The lowest BCUT2D eigenvalue weighted by Gasteiger charge is -2.28. The minimum Gasteiger partial charge on any atom is -0.400 e. The van der Waals surface area contributed by atoms with E-state index < -0.39 is 0 Å². The number of rotatable bonds is 2. The molecule has 1 fully saturated rings. The summed E-state index contributed by atoms with van der Waals surface area (Å²) in [5.74, 6) is 6.82. The number of anilines is 1. The van der Waals surface area contributed by atoms with Crippen molar-refractivity contribution < 1.29 is 9.90 Å². The molecule has 0 saturated carbocycles. The number of aliphatic hydroxyl groups is 1. The maximum Gasteiger partial charge on any atom is 0.321 e. The lowest BCUT2D eigenvalue weighted by molar-refractivity contribution is 0.206. The largest absolute Gasteiger partial charge is 0.400 e. The number of nitrogens with zero attached hydrogens (tertiary/aromatic N) is 1. The van der Waals surface area contributed by atoms with E-state index in [0.717, 1.165) is 69.4 Å². The second kappa shape index (κ2) is 14.6. The van der Waals surface area contributed by atoms with Crippen molar-refractivity contribution in [1.82, 2.24) is 10.2 Å². The molecule has 1 saturated heterocycles. The minimum atomic E-state index is -0.0139. The van der Waals surface area contributed by atoms with Gasteiger partial charge in [-0.05, 0) is 73.7 Å². The molecule has 182 valence electrons. The van der Waals surface area contributed by atoms with Crippen LogP contribution in [0.3, 0.4) is 0 Å². The summed E-state index contributed by atoms with van der Waals surface area (Å²) in [5.41, 5.74) is 4.16. The molecular weight excluding hydrogens is 434 g/mol. The molecule has 0 bridgehead atoms. The Morgan fingerprint density at radius 2 is 1.49 bits per heavy atom. The first-order valence-corrected chi connectivity index (χ1v) is 12.2. The van der Waals surface area contributed by atoms with Crippen LogP contribution in [0.5, 0.6) is 0 Å². The first-order valence-electron chi connectivity index (χ1n) is 12.2. The molecule has 1 aliphatic rings. The summed E-state index contributed by atoms with van der Waals surface area (Å²) in [7, 11) is 1.00. The van der Waals surface area contributed by atoms with Gasteiger partial charge in [0, 0.05) is 43.6 Å². The summed E-state index contributed by atoms with van der Waals surface area (Å²) in [6, 6.07) is 28.3. The summed E-state index contributed by atoms with van der Waals surface area (Å²) in [5, 5.41) is 13.6. The Morgan fingerprint density at radius 1 is 0.857 bits per heavy atom. The van der Waals surface area contributed by atoms with Gasteiger partial charge < -0.3 is 20.6 Å². The van der Waals surface area contributed by atoms with Gasteiger partial charge in [-0.2, -0.15) is 0 Å². The van der Waals surface area contributed by atoms with Crippen molar-refractivity contribution in [2.24, 2.45) is 0 Å². The van der Waals surface area contributed by atoms with Crippen LogP contribution in [-0.2, 0) is 0 Å². The Labute approximate surface area is 209 Å². The van der Waals surface area contributed by atoms with Crippen LogP contribution in [-0.4, -0.2) is 49.3 Å². The Hall–Kier alpha value is -3.59. The fourth-order valence-electron chi connectivity index (χ4n) is 4.07. The molecule has 0 unspecified atom stereocenters. The van der Waals surface area contributed by atoms with E-state index in [-0.39, 0.29) is 6.03 Å². The molecule has 5 heteroatoms. The Bertz CT molecular complexity index is 1070. The molecule has 0 aromatic heterocycles. The predicted molar refractivity (Wildman–Crippen MR) is 144 cm³/mol. The van der Waals surface area contributed by atoms with E-state index in [9.17, 15) is 4.79 Å². The van der Waals surface area contributed by atoms with Crippen molar-refractivity contribution in [3.8, 4) is 11.8 Å². The minimum absolute atomic E-state index is 0.0139. The quantitative estimate of drug-likeness (QED) is 0.458. The van der Waals surface area contributed by atoms with Gasteiger partial charge in [0.2, 0.25) is 0 Å². The standard InChI is InChI=1S/C29H31N3O.CH4O/c33-29(31-28-11-5-2-6-12-28)32-21-8-7-20-30-23-27(19-22-32)26-17-15-25(16-18-26)14-13-24-9-3-1-4-10-24;1-2/h1-6,9-12,15-18,27,30H,7-8,19-23H2,(H,31,33);2H,1H3/t27-;/m1./s1. The highest BCUT2D eigenvalue weighted by atomic mass is 16.2. The molecule has 3 aromatic rings. The number of carbonyl (C=O) groups is 1. The van der Waals surface area contributed by atoms with Crippen molar-refractivity contribution in [2.45, 2.75) is 25.2 Å². The molecule has 1 aliphatic heterocycles. The van der Waals surface area contributed by atoms with Gasteiger partial charge in [-0.25, -0.2) is 4.79 Å². The highest BCUT2D eigenvalue weighted by Crippen LogP contribution is 2.21. The molecule has 1 atom stereocenters. The number of hydrogen-bond donors (Lipinski definition) is 3. The Kier molecular flexibility index (Phi) is 10.9. The summed E-state index contributed by atoms with van der Waals surface area (Å²) in [6.45, 7) is 3.41. The van der Waals surface area contributed by atoms with Gasteiger partial charge in [-0.3, -0.25) is 0 Å². The van der Waals surface area contributed by atoms with Crippen LogP contribution >= 0.6 is 0 Å². The monoisotopic (exact) mass is 469 g/mol. The predicted octanol–water partition coefficient (Wildman–Crippen LogP) is 5.09. The molecule has 3 N–H and O–H groups in total. The Balaban J connectivity index is 0.00000167. The summed E-state index contributed by atoms with van der Waals surface area (Å²) >= 11 is 0. The summed E-state index contributed by atoms with van der Waals surface area (Å²) in [6.07, 6.45) is 2.99. The van der Waals surface area contributed by atoms with E-state index in [1.54, 1.807) is 0 Å². The number of urea groups is 1. The molecule has 0 aliphatic carbocycles. The van der Waals surface area contributed by atoms with Crippen LogP contribution in [0.1, 0.15) is 41.9 Å². The van der Waals surface area contributed by atoms with Crippen LogP contribution in [0.2, 0.25) is 0 Å². The third kappa shape index (κ3) is 8.60. The normalized spacial score (nSPS) is 16.1. The maximum absolute atomic E-state index is 12.9. The van der Waals surface area contributed by atoms with Gasteiger partial charge in [0.25, 0.3) is 0 Å². The molecule has 4 rings (SSSR count). The number of nitrogens with one attached hydrogen (secondary N) is 2. The topological polar surface area (TPSA) is 64.6 Å². The third-order valence-electron chi connectivity index (χ3n) is 5.99. The first kappa shape index (κ1) is 26.0. The highest BCUT2D eigenvalue weighted by Gasteiger charge is 2.19. The molecule has 2 amide bonds. The van der Waals surface area contributed by atoms with E-state index in [1.165, 1.54) is 5.56 Å². The van der Waals surface area contributed by atoms with E-state index in [1.807, 2.05) is 65.6 Å². The van der Waals surface area contributed by atoms with Crippen LogP contribution in [0, 0.1) is 11.8 Å². The van der Waals surface area contributed by atoms with Gasteiger partial charge >= 0.3 is 6.03 Å². The molecule has 35 heavy (non-hydrogen) atoms. The number of benzene rings is 3. The summed E-state index contributed by atoms with van der Waals surface area (Å²) < 4.78 is 0. The van der Waals surface area contributed by atoms with Gasteiger partial charge in [-0.15, -0.1) is 0 Å².